The Kier molecular flexibility index (Phi) is 6.49. The van der Waals surface area contributed by atoms with E-state index in [0.29, 0.717) is 16.5 Å². The van der Waals surface area contributed by atoms with Gasteiger partial charge in [0.15, 0.2) is 0 Å². The number of carbonyl (C=O) groups is 1. The molecule has 0 saturated heterocycles. The van der Waals surface area contributed by atoms with Gasteiger partial charge in [0.05, 0.1) is 6.42 Å². The van der Waals surface area contributed by atoms with Gasteiger partial charge in [-0.2, -0.15) is 0 Å². The van der Waals surface area contributed by atoms with Gasteiger partial charge in [-0.05, 0) is 42.0 Å². The largest absolute Gasteiger partial charge is 0.481 e. The van der Waals surface area contributed by atoms with Crippen molar-refractivity contribution in [2.24, 2.45) is 5.73 Å². The van der Waals surface area contributed by atoms with Crippen molar-refractivity contribution < 1.29 is 14.6 Å². The number of rotatable bonds is 5. The molecule has 0 aliphatic rings. The first-order chi connectivity index (χ1) is 9.54. The molecule has 0 aromatic heterocycles. The summed E-state index contributed by atoms with van der Waals surface area (Å²) >= 11 is 5.80. The molecule has 0 saturated carbocycles. The summed E-state index contributed by atoms with van der Waals surface area (Å²) in [6, 6.07) is 13.5. The van der Waals surface area contributed by atoms with Gasteiger partial charge in [-0.3, -0.25) is 4.79 Å². The van der Waals surface area contributed by atoms with Gasteiger partial charge in [-0.25, -0.2) is 0 Å². The minimum atomic E-state index is -0.929. The first-order valence-corrected chi connectivity index (χ1v) is 6.43. The third-order valence-corrected chi connectivity index (χ3v) is 2.98. The summed E-state index contributed by atoms with van der Waals surface area (Å²) in [6.07, 6.45) is -0.121. The molecule has 2 aromatic rings. The zero-order valence-electron chi connectivity index (χ0n) is 11.0. The molecular weight excluding hydrogens is 313 g/mol. The van der Waals surface area contributed by atoms with E-state index in [-0.39, 0.29) is 18.8 Å². The van der Waals surface area contributed by atoms with Gasteiger partial charge in [-0.15, -0.1) is 12.4 Å². The van der Waals surface area contributed by atoms with Crippen LogP contribution in [0.4, 0.5) is 0 Å². The second-order valence-corrected chi connectivity index (χ2v) is 4.77. The van der Waals surface area contributed by atoms with Gasteiger partial charge in [0.2, 0.25) is 0 Å². The van der Waals surface area contributed by atoms with Crippen LogP contribution in [-0.4, -0.2) is 11.1 Å². The highest BCUT2D eigenvalue weighted by Crippen LogP contribution is 2.25. The zero-order valence-corrected chi connectivity index (χ0v) is 12.6. The topological polar surface area (TPSA) is 72.6 Å². The molecule has 112 valence electrons. The minimum absolute atomic E-state index is 0. The molecule has 2 rings (SSSR count). The Morgan fingerprint density at radius 1 is 1.19 bits per heavy atom. The summed E-state index contributed by atoms with van der Waals surface area (Å²) in [6.45, 7) is 0. The number of halogens is 2. The van der Waals surface area contributed by atoms with Crippen molar-refractivity contribution in [2.75, 3.05) is 0 Å². The predicted octanol–water partition coefficient (Wildman–Crippen LogP) is 4.03. The monoisotopic (exact) mass is 327 g/mol. The number of ether oxygens (including phenoxy) is 1. The fourth-order valence-corrected chi connectivity index (χ4v) is 1.88. The first kappa shape index (κ1) is 17.3. The molecular formula is C15H15Cl2NO3. The van der Waals surface area contributed by atoms with Crippen molar-refractivity contribution in [1.82, 2.24) is 0 Å². The van der Waals surface area contributed by atoms with E-state index in [1.54, 1.807) is 48.5 Å². The maximum atomic E-state index is 10.7. The molecule has 1 unspecified atom stereocenters. The second kappa shape index (κ2) is 7.88. The van der Waals surface area contributed by atoms with Crippen molar-refractivity contribution >= 4 is 30.0 Å². The van der Waals surface area contributed by atoms with Crippen molar-refractivity contribution in [3.8, 4) is 11.5 Å². The molecule has 0 heterocycles. The van der Waals surface area contributed by atoms with E-state index in [0.717, 1.165) is 5.56 Å². The number of carboxylic acid groups (broad SMARTS) is 1. The lowest BCUT2D eigenvalue weighted by atomic mass is 10.0. The van der Waals surface area contributed by atoms with Gasteiger partial charge >= 0.3 is 5.97 Å². The molecule has 0 radical (unpaired) electrons. The Bertz CT molecular complexity index is 602. The van der Waals surface area contributed by atoms with Crippen molar-refractivity contribution in [3.63, 3.8) is 0 Å². The molecule has 0 bridgehead atoms. The van der Waals surface area contributed by atoms with E-state index in [9.17, 15) is 4.79 Å². The van der Waals surface area contributed by atoms with E-state index < -0.39 is 12.0 Å². The summed E-state index contributed by atoms with van der Waals surface area (Å²) in [5, 5.41) is 9.39. The number of benzene rings is 2. The average molecular weight is 328 g/mol. The zero-order chi connectivity index (χ0) is 14.5. The summed E-state index contributed by atoms with van der Waals surface area (Å²) in [7, 11) is 0. The Labute approximate surface area is 133 Å². The Morgan fingerprint density at radius 2 is 1.86 bits per heavy atom. The van der Waals surface area contributed by atoms with Crippen LogP contribution in [-0.2, 0) is 4.79 Å². The summed E-state index contributed by atoms with van der Waals surface area (Å²) in [4.78, 5) is 10.7. The Morgan fingerprint density at radius 3 is 2.48 bits per heavy atom. The smallest absolute Gasteiger partial charge is 0.305 e. The molecule has 6 heteroatoms. The van der Waals surface area contributed by atoms with E-state index in [1.165, 1.54) is 0 Å². The minimum Gasteiger partial charge on any atom is -0.481 e. The molecule has 0 aliphatic carbocycles. The lowest BCUT2D eigenvalue weighted by Gasteiger charge is -2.12. The highest BCUT2D eigenvalue weighted by molar-refractivity contribution is 6.30. The highest BCUT2D eigenvalue weighted by atomic mass is 35.5. The maximum Gasteiger partial charge on any atom is 0.305 e. The molecule has 0 spiro atoms. The van der Waals surface area contributed by atoms with E-state index in [2.05, 4.69) is 0 Å². The van der Waals surface area contributed by atoms with Gasteiger partial charge in [0.1, 0.15) is 11.5 Å². The fraction of sp³-hybridized carbons (Fsp3) is 0.133. The second-order valence-electron chi connectivity index (χ2n) is 4.33. The van der Waals surface area contributed by atoms with Crippen LogP contribution >= 0.6 is 24.0 Å². The maximum absolute atomic E-state index is 10.7. The first-order valence-electron chi connectivity index (χ1n) is 6.05. The average Bonchev–Trinajstić information content (AvgIpc) is 2.41. The van der Waals surface area contributed by atoms with Crippen molar-refractivity contribution in [2.45, 2.75) is 12.5 Å². The van der Waals surface area contributed by atoms with Crippen LogP contribution in [0.2, 0.25) is 5.02 Å². The summed E-state index contributed by atoms with van der Waals surface area (Å²) in [5.74, 6) is 0.325. The van der Waals surface area contributed by atoms with Gasteiger partial charge in [-0.1, -0.05) is 23.7 Å². The standard InChI is InChI=1S/C15H14ClNO3.ClH/c16-11-4-6-12(7-5-11)20-13-3-1-2-10(8-13)14(17)9-15(18)19;/h1-8,14H,9,17H2,(H,18,19);1H. The Balaban J connectivity index is 0.00000220. The summed E-state index contributed by atoms with van der Waals surface area (Å²) < 4.78 is 5.67. The van der Waals surface area contributed by atoms with Crippen LogP contribution in [0.15, 0.2) is 48.5 Å². The van der Waals surface area contributed by atoms with Crippen molar-refractivity contribution in [3.05, 3.63) is 59.1 Å². The molecule has 21 heavy (non-hydrogen) atoms. The van der Waals surface area contributed by atoms with Crippen LogP contribution in [0.5, 0.6) is 11.5 Å². The fourth-order valence-electron chi connectivity index (χ4n) is 1.75. The van der Waals surface area contributed by atoms with Crippen LogP contribution < -0.4 is 10.5 Å². The van der Waals surface area contributed by atoms with E-state index in [1.807, 2.05) is 0 Å². The molecule has 0 amide bonds. The lowest BCUT2D eigenvalue weighted by Crippen LogP contribution is -2.14. The van der Waals surface area contributed by atoms with Crippen LogP contribution in [0.1, 0.15) is 18.0 Å². The van der Waals surface area contributed by atoms with E-state index >= 15 is 0 Å². The Hall–Kier alpha value is -1.75. The van der Waals surface area contributed by atoms with Gasteiger partial charge in [0, 0.05) is 11.1 Å². The van der Waals surface area contributed by atoms with E-state index in [4.69, 9.17) is 27.2 Å². The number of nitrogens with two attached hydrogens (primary N) is 1. The quantitative estimate of drug-likeness (QED) is 0.869. The van der Waals surface area contributed by atoms with Gasteiger partial charge in [0.25, 0.3) is 0 Å². The number of aliphatic carboxylic acids is 1. The van der Waals surface area contributed by atoms with Crippen LogP contribution in [0.3, 0.4) is 0 Å². The number of hydrogen-bond donors (Lipinski definition) is 2. The molecule has 3 N–H and O–H groups in total. The van der Waals surface area contributed by atoms with Crippen LogP contribution in [0, 0.1) is 0 Å². The number of carboxylic acids is 1. The summed E-state index contributed by atoms with van der Waals surface area (Å²) in [5.41, 5.74) is 6.55. The SMILES string of the molecule is Cl.NC(CC(=O)O)c1cccc(Oc2ccc(Cl)cc2)c1. The molecule has 0 aliphatic heterocycles. The highest BCUT2D eigenvalue weighted by Gasteiger charge is 2.11. The number of hydrogen-bond acceptors (Lipinski definition) is 3. The lowest BCUT2D eigenvalue weighted by molar-refractivity contribution is -0.137. The van der Waals surface area contributed by atoms with Crippen molar-refractivity contribution in [1.29, 1.82) is 0 Å². The molecule has 0 fully saturated rings. The normalized spacial score (nSPS) is 11.3. The van der Waals surface area contributed by atoms with Crippen LogP contribution in [0.25, 0.3) is 0 Å². The molecule has 1 atom stereocenters. The third kappa shape index (κ3) is 5.27. The third-order valence-electron chi connectivity index (χ3n) is 2.73. The van der Waals surface area contributed by atoms with Gasteiger partial charge < -0.3 is 15.6 Å². The predicted molar refractivity (Wildman–Crippen MR) is 84.4 cm³/mol. The molecule has 2 aromatic carbocycles. The molecule has 4 nitrogen and oxygen atoms in total.